The fourth-order valence-corrected chi connectivity index (χ4v) is 3.38. The predicted molar refractivity (Wildman–Crippen MR) is 87.5 cm³/mol. The van der Waals surface area contributed by atoms with Gasteiger partial charge in [-0.1, -0.05) is 11.2 Å². The summed E-state index contributed by atoms with van der Waals surface area (Å²) < 4.78 is 29.6. The molecular formula is C18H23FN2O3. The van der Waals surface area contributed by atoms with Gasteiger partial charge in [-0.3, -0.25) is 4.90 Å². The van der Waals surface area contributed by atoms with Crippen LogP contribution in [0.2, 0.25) is 0 Å². The van der Waals surface area contributed by atoms with Crippen LogP contribution >= 0.6 is 0 Å². The van der Waals surface area contributed by atoms with E-state index in [-0.39, 0.29) is 11.9 Å². The Balaban J connectivity index is 1.67. The van der Waals surface area contributed by atoms with Gasteiger partial charge < -0.3 is 14.0 Å². The summed E-state index contributed by atoms with van der Waals surface area (Å²) in [6, 6.07) is 6.64. The molecule has 0 spiro atoms. The standard InChI is InChI=1S/C18H23FN2O3/c1-12-6-16(24-20-12)7-14-10-21(11-18(14)23-3)9-13-4-5-15(19)8-17(13)22-2/h4-6,8,14,18H,7,9-11H2,1-3H3/t14-,18+/m1/s1. The van der Waals surface area contributed by atoms with Crippen LogP contribution < -0.4 is 4.74 Å². The molecule has 0 amide bonds. The van der Waals surface area contributed by atoms with Crippen LogP contribution in [0.25, 0.3) is 0 Å². The van der Waals surface area contributed by atoms with E-state index in [1.807, 2.05) is 13.0 Å². The van der Waals surface area contributed by atoms with Crippen LogP contribution in [0.3, 0.4) is 0 Å². The third-order valence-corrected chi connectivity index (χ3v) is 4.54. The first-order valence-corrected chi connectivity index (χ1v) is 8.08. The first-order chi connectivity index (χ1) is 11.6. The van der Waals surface area contributed by atoms with Crippen molar-refractivity contribution in [1.82, 2.24) is 10.1 Å². The zero-order valence-electron chi connectivity index (χ0n) is 14.3. The van der Waals surface area contributed by atoms with Crippen molar-refractivity contribution in [3.8, 4) is 5.75 Å². The molecule has 1 fully saturated rings. The Bertz CT molecular complexity index is 689. The molecule has 6 heteroatoms. The maximum Gasteiger partial charge on any atom is 0.137 e. The van der Waals surface area contributed by atoms with Crippen molar-refractivity contribution in [3.05, 3.63) is 47.1 Å². The molecule has 0 N–H and O–H groups in total. The molecule has 1 aromatic heterocycles. The normalized spacial score (nSPS) is 21.3. The highest BCUT2D eigenvalue weighted by atomic mass is 19.1. The number of aryl methyl sites for hydroxylation is 1. The van der Waals surface area contributed by atoms with Gasteiger partial charge >= 0.3 is 0 Å². The van der Waals surface area contributed by atoms with E-state index in [4.69, 9.17) is 14.0 Å². The zero-order chi connectivity index (χ0) is 17.1. The number of ether oxygens (including phenoxy) is 2. The number of likely N-dealkylation sites (tertiary alicyclic amines) is 1. The van der Waals surface area contributed by atoms with Crippen LogP contribution in [0.1, 0.15) is 17.0 Å². The molecule has 0 bridgehead atoms. The minimum absolute atomic E-state index is 0.141. The van der Waals surface area contributed by atoms with Gasteiger partial charge in [0.2, 0.25) is 0 Å². The Hall–Kier alpha value is -1.92. The molecule has 1 aromatic carbocycles. The molecule has 5 nitrogen and oxygen atoms in total. The summed E-state index contributed by atoms with van der Waals surface area (Å²) in [5.41, 5.74) is 1.87. The van der Waals surface area contributed by atoms with Gasteiger partial charge in [0.25, 0.3) is 0 Å². The summed E-state index contributed by atoms with van der Waals surface area (Å²) in [6.45, 7) is 4.34. The molecular weight excluding hydrogens is 311 g/mol. The smallest absolute Gasteiger partial charge is 0.137 e. The SMILES string of the molecule is COc1cc(F)ccc1CN1C[C@@H](Cc2cc(C)no2)[C@@H](OC)C1. The molecule has 130 valence electrons. The van der Waals surface area contributed by atoms with E-state index < -0.39 is 0 Å². The van der Waals surface area contributed by atoms with Crippen molar-refractivity contribution in [1.29, 1.82) is 0 Å². The lowest BCUT2D eigenvalue weighted by Gasteiger charge is -2.17. The van der Waals surface area contributed by atoms with Crippen molar-refractivity contribution >= 4 is 0 Å². The maximum absolute atomic E-state index is 13.3. The molecule has 2 heterocycles. The lowest BCUT2D eigenvalue weighted by Crippen LogP contribution is -2.23. The summed E-state index contributed by atoms with van der Waals surface area (Å²) in [5, 5.41) is 3.95. The van der Waals surface area contributed by atoms with Gasteiger partial charge in [0.05, 0.1) is 18.9 Å². The van der Waals surface area contributed by atoms with Crippen LogP contribution in [0.5, 0.6) is 5.75 Å². The molecule has 0 aliphatic carbocycles. The van der Waals surface area contributed by atoms with Crippen molar-refractivity contribution in [3.63, 3.8) is 0 Å². The zero-order valence-corrected chi connectivity index (χ0v) is 14.3. The number of rotatable bonds is 6. The Morgan fingerprint density at radius 1 is 1.29 bits per heavy atom. The number of hydrogen-bond donors (Lipinski definition) is 0. The van der Waals surface area contributed by atoms with Crippen LogP contribution in [0, 0.1) is 18.7 Å². The second-order valence-corrected chi connectivity index (χ2v) is 6.32. The van der Waals surface area contributed by atoms with Gasteiger partial charge in [0.15, 0.2) is 0 Å². The highest BCUT2D eigenvalue weighted by Gasteiger charge is 2.34. The Labute approximate surface area is 141 Å². The molecule has 0 unspecified atom stereocenters. The Kier molecular flexibility index (Phi) is 5.16. The third-order valence-electron chi connectivity index (χ3n) is 4.54. The monoisotopic (exact) mass is 334 g/mol. The first kappa shape index (κ1) is 16.9. The largest absolute Gasteiger partial charge is 0.496 e. The van der Waals surface area contributed by atoms with Gasteiger partial charge in [-0.25, -0.2) is 4.39 Å². The van der Waals surface area contributed by atoms with Gasteiger partial charge in [0, 0.05) is 56.8 Å². The lowest BCUT2D eigenvalue weighted by atomic mass is 10.0. The predicted octanol–water partition coefficient (Wildman–Crippen LogP) is 2.82. The average Bonchev–Trinajstić information content (AvgIpc) is 3.15. The molecule has 1 saturated heterocycles. The number of methoxy groups -OCH3 is 2. The maximum atomic E-state index is 13.3. The van der Waals surface area contributed by atoms with E-state index in [1.165, 1.54) is 12.1 Å². The van der Waals surface area contributed by atoms with Crippen molar-refractivity contribution < 1.29 is 18.4 Å². The van der Waals surface area contributed by atoms with Crippen LogP contribution in [0.4, 0.5) is 4.39 Å². The molecule has 0 radical (unpaired) electrons. The average molecular weight is 334 g/mol. The summed E-state index contributed by atoms with van der Waals surface area (Å²) >= 11 is 0. The van der Waals surface area contributed by atoms with Crippen molar-refractivity contribution in [2.75, 3.05) is 27.3 Å². The molecule has 3 rings (SSSR count). The van der Waals surface area contributed by atoms with Crippen molar-refractivity contribution in [2.45, 2.75) is 26.0 Å². The summed E-state index contributed by atoms with van der Waals surface area (Å²) in [5.74, 6) is 1.53. The van der Waals surface area contributed by atoms with Crippen molar-refractivity contribution in [2.24, 2.45) is 5.92 Å². The minimum Gasteiger partial charge on any atom is -0.496 e. The third kappa shape index (κ3) is 3.76. The van der Waals surface area contributed by atoms with E-state index in [1.54, 1.807) is 20.3 Å². The summed E-state index contributed by atoms with van der Waals surface area (Å²) in [6.07, 6.45) is 0.943. The van der Waals surface area contributed by atoms with Crippen LogP contribution in [0.15, 0.2) is 28.8 Å². The molecule has 24 heavy (non-hydrogen) atoms. The molecule has 1 aliphatic heterocycles. The van der Waals surface area contributed by atoms with Gasteiger partial charge in [-0.05, 0) is 13.0 Å². The van der Waals surface area contributed by atoms with E-state index in [0.29, 0.717) is 18.2 Å². The lowest BCUT2D eigenvalue weighted by molar-refractivity contribution is 0.0761. The number of benzene rings is 1. The van der Waals surface area contributed by atoms with Crippen LogP contribution in [-0.4, -0.2) is 43.5 Å². The fraction of sp³-hybridized carbons (Fsp3) is 0.500. The highest BCUT2D eigenvalue weighted by Crippen LogP contribution is 2.28. The Morgan fingerprint density at radius 3 is 2.79 bits per heavy atom. The van der Waals surface area contributed by atoms with E-state index in [0.717, 1.165) is 36.5 Å². The van der Waals surface area contributed by atoms with E-state index in [9.17, 15) is 4.39 Å². The molecule has 2 aromatic rings. The Morgan fingerprint density at radius 2 is 2.12 bits per heavy atom. The van der Waals surface area contributed by atoms with Gasteiger partial charge in [0.1, 0.15) is 17.3 Å². The number of hydrogen-bond acceptors (Lipinski definition) is 5. The molecule has 1 aliphatic rings. The molecule has 2 atom stereocenters. The summed E-state index contributed by atoms with van der Waals surface area (Å²) in [4.78, 5) is 2.30. The minimum atomic E-state index is -0.287. The van der Waals surface area contributed by atoms with Gasteiger partial charge in [-0.2, -0.15) is 0 Å². The second-order valence-electron chi connectivity index (χ2n) is 6.32. The van der Waals surface area contributed by atoms with E-state index in [2.05, 4.69) is 10.1 Å². The fourth-order valence-electron chi connectivity index (χ4n) is 3.38. The number of halogens is 1. The number of aromatic nitrogens is 1. The highest BCUT2D eigenvalue weighted by molar-refractivity contribution is 5.34. The van der Waals surface area contributed by atoms with Gasteiger partial charge in [-0.15, -0.1) is 0 Å². The van der Waals surface area contributed by atoms with E-state index >= 15 is 0 Å². The molecule has 0 saturated carbocycles. The van der Waals surface area contributed by atoms with Crippen LogP contribution in [-0.2, 0) is 17.7 Å². The topological polar surface area (TPSA) is 47.7 Å². The summed E-state index contributed by atoms with van der Waals surface area (Å²) in [7, 11) is 3.31. The second kappa shape index (κ2) is 7.32. The first-order valence-electron chi connectivity index (χ1n) is 8.08. The number of nitrogens with zero attached hydrogens (tertiary/aromatic N) is 2. The quantitative estimate of drug-likeness (QED) is 0.813.